The van der Waals surface area contributed by atoms with Gasteiger partial charge in [0, 0.05) is 0 Å². The molecule has 0 aliphatic carbocycles. The van der Waals surface area contributed by atoms with Gasteiger partial charge in [-0.15, -0.1) is 0 Å². The summed E-state index contributed by atoms with van der Waals surface area (Å²) in [5, 5.41) is 12.9. The van der Waals surface area contributed by atoms with Crippen LogP contribution in [0.3, 0.4) is 0 Å². The lowest BCUT2D eigenvalue weighted by Crippen LogP contribution is -1.89. The third-order valence-electron chi connectivity index (χ3n) is 10.2. The minimum Gasteiger partial charge on any atom is -0.0912 e. The Labute approximate surface area is 286 Å². The molecule has 0 aliphatic rings. The first-order valence-electron chi connectivity index (χ1n) is 17.0. The minimum atomic E-state index is 0.989. The predicted molar refractivity (Wildman–Crippen MR) is 214 cm³/mol. The van der Waals surface area contributed by atoms with Crippen LogP contribution in [-0.4, -0.2) is 0 Å². The zero-order valence-corrected chi connectivity index (χ0v) is 27.5. The van der Waals surface area contributed by atoms with Crippen molar-refractivity contribution in [3.05, 3.63) is 193 Å². The van der Waals surface area contributed by atoms with Crippen LogP contribution >= 0.6 is 0 Å². The third kappa shape index (κ3) is 4.93. The molecule has 0 saturated heterocycles. The maximum atomic E-state index is 4.50. The highest BCUT2D eigenvalue weighted by molar-refractivity contribution is 6.25. The average Bonchev–Trinajstić information content (AvgIpc) is 3.18. The number of hydrogen-bond acceptors (Lipinski definition) is 0. The van der Waals surface area contributed by atoms with E-state index in [0.717, 1.165) is 11.1 Å². The summed E-state index contributed by atoms with van der Waals surface area (Å²) in [4.78, 5) is 0. The van der Waals surface area contributed by atoms with E-state index in [9.17, 15) is 0 Å². The van der Waals surface area contributed by atoms with Crippen molar-refractivity contribution in [1.82, 2.24) is 0 Å². The van der Waals surface area contributed by atoms with Crippen LogP contribution in [0.5, 0.6) is 0 Å². The molecule has 0 fully saturated rings. The van der Waals surface area contributed by atoms with Gasteiger partial charge in [0.15, 0.2) is 0 Å². The summed E-state index contributed by atoms with van der Waals surface area (Å²) in [6, 6.07) is 59.5. The first-order chi connectivity index (χ1) is 24.1. The van der Waals surface area contributed by atoms with Gasteiger partial charge in [-0.3, -0.25) is 0 Å². The van der Waals surface area contributed by atoms with Gasteiger partial charge in [-0.1, -0.05) is 164 Å². The van der Waals surface area contributed by atoms with Crippen LogP contribution in [0.25, 0.3) is 87.8 Å². The Bertz CT molecular complexity index is 2760. The van der Waals surface area contributed by atoms with Crippen molar-refractivity contribution in [2.24, 2.45) is 0 Å². The molecule has 9 aromatic rings. The van der Waals surface area contributed by atoms with Gasteiger partial charge in [-0.2, -0.15) is 0 Å². The topological polar surface area (TPSA) is 0 Å². The van der Waals surface area contributed by atoms with E-state index < -0.39 is 0 Å². The minimum absolute atomic E-state index is 0.989. The molecule has 9 aromatic carbocycles. The van der Waals surface area contributed by atoms with Crippen LogP contribution in [0, 0.1) is 6.92 Å². The van der Waals surface area contributed by atoms with E-state index in [1.807, 2.05) is 0 Å². The molecule has 0 saturated carbocycles. The van der Waals surface area contributed by atoms with Crippen molar-refractivity contribution in [3.63, 3.8) is 0 Å². The number of aryl methyl sites for hydroxylation is 1. The molecule has 0 aliphatic heterocycles. The van der Waals surface area contributed by atoms with Crippen molar-refractivity contribution in [2.45, 2.75) is 6.92 Å². The van der Waals surface area contributed by atoms with E-state index in [1.54, 1.807) is 0 Å². The number of fused-ring (bicyclic) bond motifs is 9. The molecule has 0 aromatic heterocycles. The molecule has 0 heteroatoms. The lowest BCUT2D eigenvalue weighted by atomic mass is 9.91. The SMILES string of the molecule is C=C(C=Cc1c(C)c2ccccc2c2ccccc12)c1cccc(-c2cccc(-c3ccc4c5ccccc5c5ccccc5c4c3)c2)c1. The van der Waals surface area contributed by atoms with E-state index in [1.165, 1.54) is 87.2 Å². The van der Waals surface area contributed by atoms with E-state index in [2.05, 4.69) is 189 Å². The first kappa shape index (κ1) is 28.9. The van der Waals surface area contributed by atoms with Crippen molar-refractivity contribution in [3.8, 4) is 22.3 Å². The fourth-order valence-electron chi connectivity index (χ4n) is 7.70. The molecule has 0 spiro atoms. The van der Waals surface area contributed by atoms with Gasteiger partial charge in [0.05, 0.1) is 0 Å². The Morgan fingerprint density at radius 2 is 0.816 bits per heavy atom. The molecule has 0 bridgehead atoms. The van der Waals surface area contributed by atoms with E-state index >= 15 is 0 Å². The summed E-state index contributed by atoms with van der Waals surface area (Å²) in [7, 11) is 0. The summed E-state index contributed by atoms with van der Waals surface area (Å²) < 4.78 is 0. The Morgan fingerprint density at radius 3 is 1.43 bits per heavy atom. The van der Waals surface area contributed by atoms with Gasteiger partial charge in [0.2, 0.25) is 0 Å². The highest BCUT2D eigenvalue weighted by Crippen LogP contribution is 2.38. The fourth-order valence-corrected chi connectivity index (χ4v) is 7.70. The van der Waals surface area contributed by atoms with Crippen molar-refractivity contribution >= 4 is 65.5 Å². The Kier molecular flexibility index (Phi) is 6.95. The largest absolute Gasteiger partial charge is 0.0912 e. The fraction of sp³-hybridized carbons (Fsp3) is 0.0204. The Hall–Kier alpha value is -6.24. The molecule has 0 N–H and O–H groups in total. The predicted octanol–water partition coefficient (Wildman–Crippen LogP) is 13.8. The van der Waals surface area contributed by atoms with Gasteiger partial charge in [0.1, 0.15) is 0 Å². The molecule has 0 atom stereocenters. The van der Waals surface area contributed by atoms with E-state index in [-0.39, 0.29) is 0 Å². The Balaban J connectivity index is 1.07. The number of rotatable bonds is 5. The van der Waals surface area contributed by atoms with Crippen LogP contribution in [0.1, 0.15) is 16.7 Å². The molecule has 0 amide bonds. The third-order valence-corrected chi connectivity index (χ3v) is 10.2. The highest BCUT2D eigenvalue weighted by atomic mass is 14.2. The summed E-state index contributed by atoms with van der Waals surface area (Å²) in [6.45, 7) is 6.73. The second-order valence-corrected chi connectivity index (χ2v) is 13.0. The van der Waals surface area contributed by atoms with Crippen molar-refractivity contribution < 1.29 is 0 Å². The maximum absolute atomic E-state index is 4.50. The number of allylic oxidation sites excluding steroid dienone is 2. The summed E-state index contributed by atoms with van der Waals surface area (Å²) >= 11 is 0. The molecule has 0 radical (unpaired) electrons. The van der Waals surface area contributed by atoms with Crippen LogP contribution in [-0.2, 0) is 0 Å². The van der Waals surface area contributed by atoms with Gasteiger partial charge >= 0.3 is 0 Å². The van der Waals surface area contributed by atoms with Gasteiger partial charge in [-0.25, -0.2) is 0 Å². The van der Waals surface area contributed by atoms with Crippen LogP contribution in [0.2, 0.25) is 0 Å². The lowest BCUT2D eigenvalue weighted by molar-refractivity contribution is 1.52. The molecular weight excluding hydrogens is 589 g/mol. The van der Waals surface area contributed by atoms with E-state index in [4.69, 9.17) is 0 Å². The number of hydrogen-bond donors (Lipinski definition) is 0. The van der Waals surface area contributed by atoms with Crippen molar-refractivity contribution in [1.29, 1.82) is 0 Å². The van der Waals surface area contributed by atoms with Crippen LogP contribution in [0.4, 0.5) is 0 Å². The summed E-state index contributed by atoms with van der Waals surface area (Å²) in [6.07, 6.45) is 4.41. The summed E-state index contributed by atoms with van der Waals surface area (Å²) in [5.41, 5.74) is 9.44. The zero-order chi connectivity index (χ0) is 32.9. The van der Waals surface area contributed by atoms with Gasteiger partial charge in [-0.05, 0) is 124 Å². The van der Waals surface area contributed by atoms with Crippen LogP contribution < -0.4 is 0 Å². The smallest absolute Gasteiger partial charge is 0.00928 e. The molecule has 0 unspecified atom stereocenters. The lowest BCUT2D eigenvalue weighted by Gasteiger charge is -2.13. The Morgan fingerprint density at radius 1 is 0.388 bits per heavy atom. The zero-order valence-electron chi connectivity index (χ0n) is 27.5. The second-order valence-electron chi connectivity index (χ2n) is 13.0. The second kappa shape index (κ2) is 11.8. The van der Waals surface area contributed by atoms with Crippen LogP contribution in [0.15, 0.2) is 176 Å². The van der Waals surface area contributed by atoms with Crippen molar-refractivity contribution in [2.75, 3.05) is 0 Å². The molecule has 0 heterocycles. The quantitative estimate of drug-likeness (QED) is 0.132. The first-order valence-corrected chi connectivity index (χ1v) is 17.0. The average molecular weight is 623 g/mol. The standard InChI is InChI=1S/C49H34/c1-32(25-27-40-33(2)39-17-3-4-18-41(39)43-20-6-5-19-42(40)43)34-13-11-14-35(29-34)36-15-12-16-37(30-36)38-26-28-48-46-23-8-7-21-44(46)45-22-9-10-24-47(45)49(48)31-38/h3-31H,1H2,2H3. The highest BCUT2D eigenvalue weighted by Gasteiger charge is 2.12. The monoisotopic (exact) mass is 622 g/mol. The molecular formula is C49H34. The number of benzene rings is 9. The van der Waals surface area contributed by atoms with Gasteiger partial charge < -0.3 is 0 Å². The van der Waals surface area contributed by atoms with Gasteiger partial charge in [0.25, 0.3) is 0 Å². The van der Waals surface area contributed by atoms with E-state index in [0.29, 0.717) is 0 Å². The molecule has 0 nitrogen and oxygen atoms in total. The molecule has 49 heavy (non-hydrogen) atoms. The molecule has 230 valence electrons. The molecule has 9 rings (SSSR count). The maximum Gasteiger partial charge on any atom is -0.00928 e. The summed E-state index contributed by atoms with van der Waals surface area (Å²) in [5.74, 6) is 0. The normalized spacial score (nSPS) is 11.8.